The van der Waals surface area contributed by atoms with Gasteiger partial charge in [-0.25, -0.2) is 9.59 Å². The minimum Gasteiger partial charge on any atom is -0.497 e. The van der Waals surface area contributed by atoms with Gasteiger partial charge >= 0.3 is 11.9 Å². The summed E-state index contributed by atoms with van der Waals surface area (Å²) in [5.74, 6) is 5.10. The first kappa shape index (κ1) is 101. The summed E-state index contributed by atoms with van der Waals surface area (Å²) in [5, 5.41) is 28.1. The van der Waals surface area contributed by atoms with Crippen LogP contribution in [0.3, 0.4) is 0 Å². The molecule has 0 amide bonds. The molecule has 0 radical (unpaired) electrons. The molecule has 2 unspecified atom stereocenters. The summed E-state index contributed by atoms with van der Waals surface area (Å²) < 4.78 is 85.4. The fourth-order valence-electron chi connectivity index (χ4n) is 15.9. The van der Waals surface area contributed by atoms with Gasteiger partial charge in [-0.15, -0.1) is 0 Å². The van der Waals surface area contributed by atoms with Gasteiger partial charge in [0, 0.05) is 48.4 Å². The van der Waals surface area contributed by atoms with Gasteiger partial charge in [0.2, 0.25) is 0 Å². The van der Waals surface area contributed by atoms with E-state index in [0.717, 1.165) is 28.8 Å². The molecule has 2 heterocycles. The predicted octanol–water partition coefficient (Wildman–Crippen LogP) is 19.3. The average Bonchev–Trinajstić information content (AvgIpc) is 0.998. The second-order valence-corrected chi connectivity index (χ2v) is 57.3. The van der Waals surface area contributed by atoms with Crippen molar-refractivity contribution in [1.29, 1.82) is 0 Å². The van der Waals surface area contributed by atoms with E-state index >= 15 is 0 Å². The number of methoxy groups -OCH3 is 4. The Hall–Kier alpha value is -9.11. The van der Waals surface area contributed by atoms with Crippen LogP contribution in [0.4, 0.5) is 0 Å². The second kappa shape index (κ2) is 45.7. The fraction of sp³-hybridized carbons (Fsp3) is 0.423. The Kier molecular flexibility index (Phi) is 36.5. The molecule has 8 aromatic rings. The SMILES string of the molecule is COCOc1cc(OC)cc(/C=C/C[C@@H]2OC(C)(C)O[C@@H]2C(O)/C=C\C(=C\c2ccccc2)[C@H](C)O[Si](c2ccccc2)(c2ccccc2)C(C)(C)C)c1C(=O)OCC[Si](C)(C)C.COCOc1cc(OC)cc(/C=C/C[C@@H]2OC(C)(C)O[C@@H]2C(O)C#C[C@@H](Cc2ccccc2)[C@@H](C)O[Si](c2ccccc2)(c2ccccc2)C(C)(C)C)c1C(=O)OCC[Si](C)(C)C. The Morgan fingerprint density at radius 3 is 1.27 bits per heavy atom. The van der Waals surface area contributed by atoms with Crippen molar-refractivity contribution >= 4 is 83.7 Å². The molecule has 0 bridgehead atoms. The smallest absolute Gasteiger partial charge is 0.342 e. The first-order valence-electron chi connectivity index (χ1n) is 43.7. The molecule has 0 aliphatic carbocycles. The van der Waals surface area contributed by atoms with Crippen molar-refractivity contribution in [3.8, 4) is 34.8 Å². The van der Waals surface area contributed by atoms with Gasteiger partial charge in [0.25, 0.3) is 16.6 Å². The lowest BCUT2D eigenvalue weighted by Crippen LogP contribution is -2.68. The van der Waals surface area contributed by atoms with Gasteiger partial charge in [0.15, 0.2) is 25.2 Å². The lowest BCUT2D eigenvalue weighted by Gasteiger charge is -2.45. The van der Waals surface area contributed by atoms with Crippen molar-refractivity contribution in [3.63, 3.8) is 0 Å². The molecule has 10 rings (SSSR count). The van der Waals surface area contributed by atoms with Crippen molar-refractivity contribution in [1.82, 2.24) is 0 Å². The summed E-state index contributed by atoms with van der Waals surface area (Å²) >= 11 is 0. The molecular weight excluding hydrogens is 1650 g/mol. The predicted molar refractivity (Wildman–Crippen MR) is 516 cm³/mol. The number of aliphatic hydroxyl groups is 2. The van der Waals surface area contributed by atoms with Crippen LogP contribution in [0.5, 0.6) is 23.0 Å². The number of esters is 2. The van der Waals surface area contributed by atoms with Gasteiger partial charge in [-0.1, -0.05) is 311 Å². The normalized spacial score (nSPS) is 18.0. The van der Waals surface area contributed by atoms with E-state index in [1.807, 2.05) is 119 Å². The van der Waals surface area contributed by atoms with Crippen LogP contribution in [-0.4, -0.2) is 171 Å². The lowest BCUT2D eigenvalue weighted by molar-refractivity contribution is -0.152. The maximum absolute atomic E-state index is 13.6. The topological polar surface area (TPSA) is 204 Å². The van der Waals surface area contributed by atoms with Crippen LogP contribution in [0.1, 0.15) is 139 Å². The zero-order valence-corrected chi connectivity index (χ0v) is 82.2. The molecule has 676 valence electrons. The molecule has 9 atom stereocenters. The Balaban J connectivity index is 0.000000285. The average molecular weight is 1790 g/mol. The summed E-state index contributed by atoms with van der Waals surface area (Å²) in [6.07, 6.45) is 9.22. The molecule has 2 saturated heterocycles. The first-order chi connectivity index (χ1) is 59.7. The van der Waals surface area contributed by atoms with E-state index in [0.29, 0.717) is 60.9 Å². The number of carbonyl (C=O) groups excluding carboxylic acids is 2. The fourth-order valence-corrected chi connectivity index (χ4v) is 26.7. The van der Waals surface area contributed by atoms with Gasteiger partial charge in [-0.3, -0.25) is 0 Å². The van der Waals surface area contributed by atoms with E-state index in [-0.39, 0.29) is 58.7 Å². The van der Waals surface area contributed by atoms with Gasteiger partial charge in [0.05, 0.1) is 51.8 Å². The number of ether oxygens (including phenoxy) is 12. The highest BCUT2D eigenvalue weighted by atomic mass is 28.4. The molecule has 2 fully saturated rings. The summed E-state index contributed by atoms with van der Waals surface area (Å²) in [4.78, 5) is 27.3. The number of rotatable bonds is 39. The Morgan fingerprint density at radius 2 is 0.881 bits per heavy atom. The first-order valence-corrected chi connectivity index (χ1v) is 55.0. The van der Waals surface area contributed by atoms with Gasteiger partial charge in [0.1, 0.15) is 58.5 Å². The zero-order valence-electron chi connectivity index (χ0n) is 78.2. The van der Waals surface area contributed by atoms with Crippen molar-refractivity contribution in [2.75, 3.05) is 55.2 Å². The maximum atomic E-state index is 13.6. The van der Waals surface area contributed by atoms with Crippen LogP contribution in [0, 0.1) is 17.8 Å². The second-order valence-electron chi connectivity index (χ2n) is 37.6. The summed E-state index contributed by atoms with van der Waals surface area (Å²) in [5.41, 5.74) is 4.69. The molecule has 2 aliphatic heterocycles. The number of benzene rings is 8. The van der Waals surface area contributed by atoms with Gasteiger partial charge < -0.3 is 75.9 Å². The highest BCUT2D eigenvalue weighted by Gasteiger charge is 2.54. The zero-order chi connectivity index (χ0) is 91.7. The Morgan fingerprint density at radius 1 is 0.500 bits per heavy atom. The van der Waals surface area contributed by atoms with Crippen LogP contribution in [0.25, 0.3) is 18.2 Å². The minimum absolute atomic E-state index is 0.0620. The molecular formula is C104H136O18Si4. The van der Waals surface area contributed by atoms with E-state index in [2.05, 4.69) is 234 Å². The van der Waals surface area contributed by atoms with Gasteiger partial charge in [-0.05, 0) is 150 Å². The molecule has 18 nitrogen and oxygen atoms in total. The van der Waals surface area contributed by atoms with E-state index in [4.69, 9.17) is 65.7 Å². The minimum atomic E-state index is -2.93. The van der Waals surface area contributed by atoms with E-state index < -0.39 is 92.9 Å². The summed E-state index contributed by atoms with van der Waals surface area (Å²) in [6.45, 7) is 39.1. The molecule has 126 heavy (non-hydrogen) atoms. The lowest BCUT2D eigenvalue weighted by atomic mass is 9.94. The highest BCUT2D eigenvalue weighted by Crippen LogP contribution is 2.43. The number of aliphatic hydroxyl groups excluding tert-OH is 2. The molecule has 8 aromatic carbocycles. The standard InChI is InChI=1S/2C52H68O9Si2/c2*1-38(61-63(51(2,3)4,43-25-17-13-18-26-43)44-27-19-14-20-28-44)40(34-39-22-15-12-16-23-39)30-31-45(53)49-46(59-52(5,6)60-49)29-21-24-41-35-42(56-8)36-47(58-37-55-7)48(41)50(54)57-32-33-62(9,10)11/h12-28,35-36,38,40,45-46,49,53H,29,32-34,37H2,1-11H3;12-28,30-31,34-36,38,45-46,49,53H,29,32-33,37H2,1-11H3/b24-21+;24-21+,31-30-,40-34-/t38-,40+,45?,46+,49-;38-,45?,46-,49+/m10/s1. The monoisotopic (exact) mass is 1780 g/mol. The van der Waals surface area contributed by atoms with E-state index in [1.165, 1.54) is 35.0 Å². The molecule has 0 spiro atoms. The van der Waals surface area contributed by atoms with Crippen LogP contribution < -0.4 is 39.7 Å². The highest BCUT2D eigenvalue weighted by molar-refractivity contribution is 7.00. The third-order valence-electron chi connectivity index (χ3n) is 22.3. The third-order valence-corrected chi connectivity index (χ3v) is 35.9. The van der Waals surface area contributed by atoms with Crippen LogP contribution in [0.15, 0.2) is 236 Å². The van der Waals surface area contributed by atoms with Crippen LogP contribution >= 0.6 is 0 Å². The van der Waals surface area contributed by atoms with Crippen LogP contribution in [0.2, 0.25) is 61.4 Å². The summed E-state index contributed by atoms with van der Waals surface area (Å²) in [6, 6.07) is 71.3. The number of hydrogen-bond donors (Lipinski definition) is 2. The number of hydrogen-bond acceptors (Lipinski definition) is 18. The van der Waals surface area contributed by atoms with Gasteiger partial charge in [-0.2, -0.15) is 0 Å². The molecule has 0 aromatic heterocycles. The molecule has 2 N–H and O–H groups in total. The summed E-state index contributed by atoms with van der Waals surface area (Å²) in [7, 11) is -2.61. The maximum Gasteiger partial charge on any atom is 0.342 e. The Labute approximate surface area is 754 Å². The number of carbonyl (C=O) groups is 2. The molecule has 22 heteroatoms. The van der Waals surface area contributed by atoms with E-state index in [9.17, 15) is 19.8 Å². The van der Waals surface area contributed by atoms with Crippen molar-refractivity contribution in [2.45, 2.75) is 224 Å². The van der Waals surface area contributed by atoms with Crippen LogP contribution in [-0.2, 0) is 53.2 Å². The van der Waals surface area contributed by atoms with Crippen molar-refractivity contribution < 1.29 is 85.5 Å². The molecule has 0 saturated carbocycles. The van der Waals surface area contributed by atoms with Crippen molar-refractivity contribution in [2.24, 2.45) is 5.92 Å². The van der Waals surface area contributed by atoms with E-state index in [1.54, 1.807) is 44.6 Å². The molecule has 2 aliphatic rings. The quantitative estimate of drug-likeness (QED) is 0.0121. The Bertz CT molecular complexity index is 4850. The largest absolute Gasteiger partial charge is 0.497 e. The van der Waals surface area contributed by atoms with Crippen molar-refractivity contribution in [3.05, 3.63) is 270 Å². The third kappa shape index (κ3) is 28.0.